The normalized spacial score (nSPS) is 11.6. The van der Waals surface area contributed by atoms with Crippen LogP contribution in [0, 0.1) is 6.92 Å². The van der Waals surface area contributed by atoms with Crippen molar-refractivity contribution < 1.29 is 0 Å². The van der Waals surface area contributed by atoms with Crippen LogP contribution in [0.25, 0.3) is 16.9 Å². The Morgan fingerprint density at radius 1 is 1.11 bits per heavy atom. The third-order valence-corrected chi connectivity index (χ3v) is 5.52. The number of anilines is 1. The van der Waals surface area contributed by atoms with Crippen LogP contribution < -0.4 is 16.6 Å². The summed E-state index contributed by atoms with van der Waals surface area (Å²) in [4.78, 5) is 29.4. The number of halogens is 1. The minimum Gasteiger partial charge on any atom is -0.385 e. The summed E-state index contributed by atoms with van der Waals surface area (Å²) in [7, 11) is 3.12. The summed E-state index contributed by atoms with van der Waals surface area (Å²) < 4.78 is 7.45. The summed E-state index contributed by atoms with van der Waals surface area (Å²) in [6, 6.07) is 8.06. The first kappa shape index (κ1) is 18.5. The molecular weight excluding hydrogens is 424 g/mol. The van der Waals surface area contributed by atoms with Crippen LogP contribution in [0.15, 0.2) is 44.5 Å². The van der Waals surface area contributed by atoms with Crippen molar-refractivity contribution in [3.63, 3.8) is 0 Å². The number of rotatable bonds is 5. The third kappa shape index (κ3) is 2.95. The Hall–Kier alpha value is -2.81. The van der Waals surface area contributed by atoms with E-state index in [-0.39, 0.29) is 11.2 Å². The van der Waals surface area contributed by atoms with E-state index in [9.17, 15) is 9.59 Å². The Kier molecular flexibility index (Phi) is 4.62. The Balaban J connectivity index is 1.62. The average molecular weight is 445 g/mol. The first-order valence-corrected chi connectivity index (χ1v) is 9.81. The molecule has 0 amide bonds. The van der Waals surface area contributed by atoms with Gasteiger partial charge in [-0.05, 0) is 37.6 Å². The van der Waals surface area contributed by atoms with E-state index < -0.39 is 0 Å². The van der Waals surface area contributed by atoms with E-state index in [1.54, 1.807) is 11.4 Å². The maximum atomic E-state index is 12.6. The SMILES string of the molecule is Cc1cn2c3c(=O)n(C)c(=O)n(C)c3nc2n1CCCNc1ccc(Br)cc1. The summed E-state index contributed by atoms with van der Waals surface area (Å²) in [6.45, 7) is 3.56. The Labute approximate surface area is 169 Å². The molecule has 3 aromatic heterocycles. The van der Waals surface area contributed by atoms with Gasteiger partial charge in [-0.15, -0.1) is 0 Å². The second kappa shape index (κ2) is 6.97. The highest BCUT2D eigenvalue weighted by atomic mass is 79.9. The van der Waals surface area contributed by atoms with E-state index in [2.05, 4.69) is 30.8 Å². The molecule has 4 aromatic rings. The molecule has 0 unspecified atom stereocenters. The number of fused-ring (bicyclic) bond motifs is 3. The van der Waals surface area contributed by atoms with Crippen LogP contribution in [0.3, 0.4) is 0 Å². The topological polar surface area (TPSA) is 78.3 Å². The fraction of sp³-hybridized carbons (Fsp3) is 0.316. The van der Waals surface area contributed by atoms with E-state index in [1.807, 2.05) is 37.4 Å². The van der Waals surface area contributed by atoms with Crippen LogP contribution in [0.5, 0.6) is 0 Å². The zero-order valence-electron chi connectivity index (χ0n) is 15.9. The highest BCUT2D eigenvalue weighted by molar-refractivity contribution is 9.10. The molecule has 1 aromatic carbocycles. The zero-order chi connectivity index (χ0) is 20.0. The fourth-order valence-corrected chi connectivity index (χ4v) is 3.71. The Morgan fingerprint density at radius 2 is 1.82 bits per heavy atom. The average Bonchev–Trinajstić information content (AvgIpc) is 3.18. The van der Waals surface area contributed by atoms with Crippen LogP contribution in [-0.4, -0.2) is 29.6 Å². The van der Waals surface area contributed by atoms with Crippen LogP contribution in [0.4, 0.5) is 5.69 Å². The van der Waals surface area contributed by atoms with Crippen molar-refractivity contribution in [1.82, 2.24) is 23.1 Å². The number of hydrogen-bond donors (Lipinski definition) is 1. The van der Waals surface area contributed by atoms with Gasteiger partial charge in [0, 0.05) is 49.2 Å². The lowest BCUT2D eigenvalue weighted by molar-refractivity contribution is 0.660. The van der Waals surface area contributed by atoms with E-state index in [0.29, 0.717) is 16.9 Å². The van der Waals surface area contributed by atoms with E-state index in [4.69, 9.17) is 0 Å². The largest absolute Gasteiger partial charge is 0.385 e. The predicted octanol–water partition coefficient (Wildman–Crippen LogP) is 2.26. The highest BCUT2D eigenvalue weighted by Gasteiger charge is 2.18. The molecule has 9 heteroatoms. The van der Waals surface area contributed by atoms with Gasteiger partial charge in [0.15, 0.2) is 11.2 Å². The Morgan fingerprint density at radius 3 is 2.54 bits per heavy atom. The lowest BCUT2D eigenvalue weighted by Gasteiger charge is -2.08. The van der Waals surface area contributed by atoms with Gasteiger partial charge in [0.25, 0.3) is 5.56 Å². The van der Waals surface area contributed by atoms with Gasteiger partial charge in [-0.25, -0.2) is 4.79 Å². The molecule has 0 saturated carbocycles. The standard InChI is InChI=1S/C19H21BrN6O2/c1-12-11-26-15-16(23(2)19(28)24(3)17(15)27)22-18(26)25(12)10-4-9-21-14-7-5-13(20)6-8-14/h5-8,11,21H,4,9-10H2,1-3H3. The van der Waals surface area contributed by atoms with Gasteiger partial charge >= 0.3 is 5.69 Å². The lowest BCUT2D eigenvalue weighted by atomic mass is 10.3. The molecule has 0 atom stereocenters. The van der Waals surface area contributed by atoms with E-state index in [0.717, 1.165) is 39.9 Å². The van der Waals surface area contributed by atoms with Crippen LogP contribution in [0.2, 0.25) is 0 Å². The molecule has 4 rings (SSSR count). The molecule has 0 aliphatic heterocycles. The molecule has 1 N–H and O–H groups in total. The number of aromatic nitrogens is 5. The van der Waals surface area contributed by atoms with Crippen molar-refractivity contribution in [2.45, 2.75) is 19.9 Å². The first-order valence-electron chi connectivity index (χ1n) is 9.02. The maximum Gasteiger partial charge on any atom is 0.332 e. The van der Waals surface area contributed by atoms with Crippen molar-refractivity contribution >= 4 is 38.6 Å². The number of nitrogens with one attached hydrogen (secondary N) is 1. The molecular formula is C19H21BrN6O2. The van der Waals surface area contributed by atoms with Crippen molar-refractivity contribution in [3.05, 3.63) is 61.5 Å². The number of imidazole rings is 2. The van der Waals surface area contributed by atoms with E-state index in [1.165, 1.54) is 11.6 Å². The highest BCUT2D eigenvalue weighted by Crippen LogP contribution is 2.17. The molecule has 28 heavy (non-hydrogen) atoms. The maximum absolute atomic E-state index is 12.6. The summed E-state index contributed by atoms with van der Waals surface area (Å²) in [6.07, 6.45) is 2.79. The van der Waals surface area contributed by atoms with Gasteiger partial charge in [-0.2, -0.15) is 4.98 Å². The quantitative estimate of drug-likeness (QED) is 0.478. The van der Waals surface area contributed by atoms with Crippen molar-refractivity contribution in [3.8, 4) is 0 Å². The smallest absolute Gasteiger partial charge is 0.332 e. The molecule has 0 aliphatic carbocycles. The van der Waals surface area contributed by atoms with Crippen LogP contribution >= 0.6 is 15.9 Å². The van der Waals surface area contributed by atoms with Crippen LogP contribution in [0.1, 0.15) is 12.1 Å². The molecule has 0 aliphatic rings. The minimum atomic E-state index is -0.375. The van der Waals surface area contributed by atoms with Crippen molar-refractivity contribution in [2.24, 2.45) is 14.1 Å². The molecule has 3 heterocycles. The Bertz CT molecular complexity index is 1290. The fourth-order valence-electron chi connectivity index (χ4n) is 3.44. The summed E-state index contributed by atoms with van der Waals surface area (Å²) in [5, 5.41) is 3.40. The number of aryl methyl sites for hydroxylation is 3. The minimum absolute atomic E-state index is 0.334. The van der Waals surface area contributed by atoms with Crippen LogP contribution in [-0.2, 0) is 20.6 Å². The van der Waals surface area contributed by atoms with Gasteiger partial charge < -0.3 is 9.88 Å². The molecule has 146 valence electrons. The summed E-state index contributed by atoms with van der Waals surface area (Å²) in [5.74, 6) is 0.675. The third-order valence-electron chi connectivity index (χ3n) is 4.99. The second-order valence-corrected chi connectivity index (χ2v) is 7.78. The molecule has 0 spiro atoms. The van der Waals surface area contributed by atoms with Gasteiger partial charge in [0.05, 0.1) is 0 Å². The number of nitrogens with zero attached hydrogens (tertiary/aromatic N) is 5. The molecule has 0 saturated heterocycles. The van der Waals surface area contributed by atoms with Crippen molar-refractivity contribution in [1.29, 1.82) is 0 Å². The first-order chi connectivity index (χ1) is 13.4. The van der Waals surface area contributed by atoms with Gasteiger partial charge in [0.2, 0.25) is 5.78 Å². The predicted molar refractivity (Wildman–Crippen MR) is 113 cm³/mol. The molecule has 0 bridgehead atoms. The van der Waals surface area contributed by atoms with Gasteiger partial charge in [-0.1, -0.05) is 15.9 Å². The van der Waals surface area contributed by atoms with E-state index >= 15 is 0 Å². The molecule has 8 nitrogen and oxygen atoms in total. The second-order valence-electron chi connectivity index (χ2n) is 6.87. The number of benzene rings is 1. The summed E-state index contributed by atoms with van der Waals surface area (Å²) in [5.41, 5.74) is 2.21. The lowest BCUT2D eigenvalue weighted by Crippen LogP contribution is -2.37. The van der Waals surface area contributed by atoms with Crippen molar-refractivity contribution in [2.75, 3.05) is 11.9 Å². The molecule has 0 fully saturated rings. The zero-order valence-corrected chi connectivity index (χ0v) is 17.5. The molecule has 0 radical (unpaired) electrons. The monoisotopic (exact) mass is 444 g/mol. The summed E-state index contributed by atoms with van der Waals surface area (Å²) >= 11 is 3.43. The van der Waals surface area contributed by atoms with Gasteiger partial charge in [-0.3, -0.25) is 18.3 Å². The van der Waals surface area contributed by atoms with Gasteiger partial charge in [0.1, 0.15) is 0 Å². The number of hydrogen-bond acceptors (Lipinski definition) is 4.